The van der Waals surface area contributed by atoms with Crippen molar-refractivity contribution in [2.45, 2.75) is 18.9 Å². The summed E-state index contributed by atoms with van der Waals surface area (Å²) in [6.07, 6.45) is 0.621. The fourth-order valence-electron chi connectivity index (χ4n) is 4.11. The molecule has 6 nitrogen and oxygen atoms in total. The van der Waals surface area contributed by atoms with Gasteiger partial charge in [0, 0.05) is 12.2 Å². The maximum atomic E-state index is 13.1. The van der Waals surface area contributed by atoms with Crippen LogP contribution in [0.1, 0.15) is 24.7 Å². The predicted octanol–water partition coefficient (Wildman–Crippen LogP) is 5.77. The molecular formula is C24H20FN3O3. The van der Waals surface area contributed by atoms with Gasteiger partial charge in [-0.15, -0.1) is 0 Å². The van der Waals surface area contributed by atoms with Gasteiger partial charge in [0.05, 0.1) is 17.1 Å². The number of carboxylic acid groups (broad SMARTS) is 1. The molecule has 3 aromatic carbocycles. The second-order valence-electron chi connectivity index (χ2n) is 7.48. The number of halogens is 1. The van der Waals surface area contributed by atoms with Crippen molar-refractivity contribution in [3.63, 3.8) is 0 Å². The summed E-state index contributed by atoms with van der Waals surface area (Å²) in [7, 11) is 0. The second-order valence-corrected chi connectivity index (χ2v) is 7.48. The van der Waals surface area contributed by atoms with E-state index in [0.29, 0.717) is 23.9 Å². The van der Waals surface area contributed by atoms with E-state index >= 15 is 0 Å². The third kappa shape index (κ3) is 3.59. The van der Waals surface area contributed by atoms with E-state index in [4.69, 9.17) is 9.72 Å². The van der Waals surface area contributed by atoms with Crippen molar-refractivity contribution in [3.05, 3.63) is 84.4 Å². The molecule has 1 aliphatic heterocycles. The van der Waals surface area contributed by atoms with Crippen molar-refractivity contribution >= 4 is 17.1 Å². The Labute approximate surface area is 178 Å². The van der Waals surface area contributed by atoms with E-state index in [1.165, 1.54) is 17.0 Å². The number of imidazole rings is 1. The number of carbonyl (C=O) groups is 1. The highest BCUT2D eigenvalue weighted by Crippen LogP contribution is 2.35. The van der Waals surface area contributed by atoms with E-state index in [1.807, 2.05) is 53.1 Å². The molecule has 156 valence electrons. The number of likely N-dealkylation sites (tertiary alicyclic amines) is 1. The van der Waals surface area contributed by atoms with Crippen LogP contribution < -0.4 is 4.74 Å². The zero-order chi connectivity index (χ0) is 21.4. The topological polar surface area (TPSA) is 67.6 Å². The van der Waals surface area contributed by atoms with Crippen LogP contribution in [-0.2, 0) is 0 Å². The lowest BCUT2D eigenvalue weighted by atomic mass is 10.2. The minimum atomic E-state index is -0.927. The lowest BCUT2D eigenvalue weighted by molar-refractivity contribution is 0.138. The van der Waals surface area contributed by atoms with Gasteiger partial charge in [-0.1, -0.05) is 12.1 Å². The van der Waals surface area contributed by atoms with Gasteiger partial charge in [-0.2, -0.15) is 0 Å². The Morgan fingerprint density at radius 3 is 2.39 bits per heavy atom. The average Bonchev–Trinajstić information content (AvgIpc) is 3.41. The molecule has 2 heterocycles. The van der Waals surface area contributed by atoms with E-state index in [2.05, 4.69) is 0 Å². The quantitative estimate of drug-likeness (QED) is 0.458. The van der Waals surface area contributed by atoms with Gasteiger partial charge >= 0.3 is 6.09 Å². The molecule has 7 heteroatoms. The van der Waals surface area contributed by atoms with Crippen LogP contribution in [0.2, 0.25) is 0 Å². The van der Waals surface area contributed by atoms with E-state index in [-0.39, 0.29) is 11.9 Å². The Kier molecular flexibility index (Phi) is 4.78. The SMILES string of the molecule is O=C(O)N1CCC[C@H]1c1nc2ccccc2n1-c1ccc(Oc2ccc(F)cc2)cc1. The number of amides is 1. The van der Waals surface area contributed by atoms with Crippen LogP contribution in [0.15, 0.2) is 72.8 Å². The molecule has 1 saturated heterocycles. The van der Waals surface area contributed by atoms with Gasteiger partial charge in [-0.3, -0.25) is 9.47 Å². The number of rotatable bonds is 4. The summed E-state index contributed by atoms with van der Waals surface area (Å²) in [5.41, 5.74) is 2.61. The number of aromatic nitrogens is 2. The first-order chi connectivity index (χ1) is 15.1. The molecule has 1 aromatic heterocycles. The Morgan fingerprint density at radius 2 is 1.68 bits per heavy atom. The van der Waals surface area contributed by atoms with Crippen LogP contribution in [0.4, 0.5) is 9.18 Å². The summed E-state index contributed by atoms with van der Waals surface area (Å²) in [5, 5.41) is 9.62. The van der Waals surface area contributed by atoms with Crippen molar-refractivity contribution in [1.29, 1.82) is 0 Å². The van der Waals surface area contributed by atoms with Gasteiger partial charge in [-0.05, 0) is 73.5 Å². The van der Waals surface area contributed by atoms with E-state index in [9.17, 15) is 14.3 Å². The van der Waals surface area contributed by atoms with Gasteiger partial charge in [0.1, 0.15) is 23.1 Å². The van der Waals surface area contributed by atoms with Gasteiger partial charge in [0.15, 0.2) is 0 Å². The minimum Gasteiger partial charge on any atom is -0.465 e. The zero-order valence-corrected chi connectivity index (χ0v) is 16.6. The number of hydrogen-bond donors (Lipinski definition) is 1. The summed E-state index contributed by atoms with van der Waals surface area (Å²) in [5.74, 6) is 1.57. The summed E-state index contributed by atoms with van der Waals surface area (Å²) in [4.78, 5) is 18.0. The Hall–Kier alpha value is -3.87. The van der Waals surface area contributed by atoms with E-state index < -0.39 is 6.09 Å². The fraction of sp³-hybridized carbons (Fsp3) is 0.167. The Morgan fingerprint density at radius 1 is 1.00 bits per heavy atom. The number of benzene rings is 3. The van der Waals surface area contributed by atoms with Gasteiger partial charge in [0.2, 0.25) is 0 Å². The average molecular weight is 417 g/mol. The first-order valence-electron chi connectivity index (χ1n) is 10.1. The minimum absolute atomic E-state index is 0.292. The normalized spacial score (nSPS) is 16.0. The Balaban J connectivity index is 1.53. The summed E-state index contributed by atoms with van der Waals surface area (Å²) < 4.78 is 20.9. The molecule has 1 N–H and O–H groups in total. The third-order valence-corrected chi connectivity index (χ3v) is 5.53. The number of ether oxygens (including phenoxy) is 1. The van der Waals surface area contributed by atoms with Crippen molar-refractivity contribution in [3.8, 4) is 17.2 Å². The maximum Gasteiger partial charge on any atom is 0.407 e. The molecule has 1 amide bonds. The fourth-order valence-corrected chi connectivity index (χ4v) is 4.11. The molecule has 0 bridgehead atoms. The lowest BCUT2D eigenvalue weighted by Crippen LogP contribution is -2.30. The van der Waals surface area contributed by atoms with Gasteiger partial charge in [0.25, 0.3) is 0 Å². The highest BCUT2D eigenvalue weighted by molar-refractivity contribution is 5.78. The first kappa shape index (κ1) is 19.1. The molecule has 0 unspecified atom stereocenters. The molecular weight excluding hydrogens is 397 g/mol. The maximum absolute atomic E-state index is 13.1. The second kappa shape index (κ2) is 7.75. The molecule has 0 saturated carbocycles. The summed E-state index contributed by atoms with van der Waals surface area (Å²) >= 11 is 0. The zero-order valence-electron chi connectivity index (χ0n) is 16.6. The van der Waals surface area contributed by atoms with E-state index in [0.717, 1.165) is 29.6 Å². The third-order valence-electron chi connectivity index (χ3n) is 5.53. The number of para-hydroxylation sites is 2. The van der Waals surface area contributed by atoms with Crippen LogP contribution in [0.5, 0.6) is 11.5 Å². The summed E-state index contributed by atoms with van der Waals surface area (Å²) in [6.45, 7) is 0.508. The van der Waals surface area contributed by atoms with Crippen molar-refractivity contribution in [2.75, 3.05) is 6.54 Å². The molecule has 0 aliphatic carbocycles. The van der Waals surface area contributed by atoms with Crippen molar-refractivity contribution in [2.24, 2.45) is 0 Å². The van der Waals surface area contributed by atoms with Crippen LogP contribution >= 0.6 is 0 Å². The molecule has 1 fully saturated rings. The van der Waals surface area contributed by atoms with Crippen LogP contribution in [0, 0.1) is 5.82 Å². The largest absolute Gasteiger partial charge is 0.465 e. The van der Waals surface area contributed by atoms with Gasteiger partial charge < -0.3 is 9.84 Å². The molecule has 5 rings (SSSR count). The first-order valence-corrected chi connectivity index (χ1v) is 10.1. The predicted molar refractivity (Wildman–Crippen MR) is 114 cm³/mol. The van der Waals surface area contributed by atoms with Crippen LogP contribution in [0.3, 0.4) is 0 Å². The molecule has 1 aliphatic rings. The molecule has 1 atom stereocenters. The molecule has 4 aromatic rings. The van der Waals surface area contributed by atoms with E-state index in [1.54, 1.807) is 12.1 Å². The summed E-state index contributed by atoms with van der Waals surface area (Å²) in [6, 6.07) is 20.8. The molecule has 0 radical (unpaired) electrons. The Bertz CT molecular complexity index is 1240. The number of hydrogen-bond acceptors (Lipinski definition) is 3. The van der Waals surface area contributed by atoms with Crippen LogP contribution in [0.25, 0.3) is 16.7 Å². The van der Waals surface area contributed by atoms with Gasteiger partial charge in [-0.25, -0.2) is 14.2 Å². The monoisotopic (exact) mass is 417 g/mol. The smallest absolute Gasteiger partial charge is 0.407 e. The number of fused-ring (bicyclic) bond motifs is 1. The highest BCUT2D eigenvalue weighted by atomic mass is 19.1. The highest BCUT2D eigenvalue weighted by Gasteiger charge is 2.34. The van der Waals surface area contributed by atoms with Crippen molar-refractivity contribution in [1.82, 2.24) is 14.5 Å². The van der Waals surface area contributed by atoms with Crippen LogP contribution in [-0.4, -0.2) is 32.2 Å². The molecule has 31 heavy (non-hydrogen) atoms. The van der Waals surface area contributed by atoms with Crippen molar-refractivity contribution < 1.29 is 19.0 Å². The standard InChI is InChI=1S/C24H20FN3O3/c25-16-7-11-18(12-8-16)31-19-13-9-17(10-14-19)28-21-5-2-1-4-20(21)26-23(28)22-6-3-15-27(22)24(29)30/h1-2,4-5,7-14,22H,3,6,15H2,(H,29,30)/t22-/m0/s1. The molecule has 0 spiro atoms. The lowest BCUT2D eigenvalue weighted by Gasteiger charge is -2.22. The number of nitrogens with zero attached hydrogens (tertiary/aromatic N) is 3.